The largest absolute Gasteiger partial charge is 0.573 e. The number of carbonyl (C=O) groups is 2. The summed E-state index contributed by atoms with van der Waals surface area (Å²) in [6.07, 6.45) is -5.18. The molecule has 0 aliphatic heterocycles. The monoisotopic (exact) mass is 705 g/mol. The van der Waals surface area contributed by atoms with E-state index in [-0.39, 0.29) is 30.1 Å². The van der Waals surface area contributed by atoms with E-state index in [9.17, 15) is 27.9 Å². The maximum absolute atomic E-state index is 13.5. The van der Waals surface area contributed by atoms with Crippen molar-refractivity contribution in [3.05, 3.63) is 142 Å². The Morgan fingerprint density at radius 1 is 0.787 bits per heavy atom. The number of rotatable bonds is 12. The summed E-state index contributed by atoms with van der Waals surface area (Å²) in [5, 5.41) is 12.5. The van der Waals surface area contributed by atoms with Crippen LogP contribution in [0.1, 0.15) is 33.9 Å². The van der Waals surface area contributed by atoms with Gasteiger partial charge in [-0.1, -0.05) is 88.7 Å². The van der Waals surface area contributed by atoms with Crippen molar-refractivity contribution in [3.8, 4) is 34.1 Å². The number of hydrogen-bond acceptors (Lipinski definition) is 5. The first kappa shape index (κ1) is 33.1. The SMILES string of the molecule is O=C(O)CC(NC(=O)c1cc(Br)ccc1OCc1ccc(OC(F)(F)F)cc1)c1ccc(-c2ccccc2Oc2ccccc2)cc1. The van der Waals surface area contributed by atoms with Crippen LogP contribution in [0.25, 0.3) is 11.1 Å². The van der Waals surface area contributed by atoms with Crippen molar-refractivity contribution in [1.82, 2.24) is 5.32 Å². The van der Waals surface area contributed by atoms with Crippen molar-refractivity contribution < 1.29 is 42.1 Å². The summed E-state index contributed by atoms with van der Waals surface area (Å²) < 4.78 is 53.9. The number of carbonyl (C=O) groups excluding carboxylic acids is 1. The Morgan fingerprint density at radius 3 is 2.15 bits per heavy atom. The number of alkyl halides is 3. The molecule has 0 aliphatic rings. The number of carboxylic acids is 1. The third-order valence-corrected chi connectivity index (χ3v) is 7.40. The number of para-hydroxylation sites is 2. The molecule has 0 fully saturated rings. The zero-order valence-corrected chi connectivity index (χ0v) is 26.1. The van der Waals surface area contributed by atoms with Crippen molar-refractivity contribution in [2.75, 3.05) is 0 Å². The molecule has 5 aromatic rings. The molecule has 0 radical (unpaired) electrons. The first-order valence-electron chi connectivity index (χ1n) is 14.3. The maximum Gasteiger partial charge on any atom is 0.573 e. The van der Waals surface area contributed by atoms with Crippen molar-refractivity contribution in [3.63, 3.8) is 0 Å². The van der Waals surface area contributed by atoms with E-state index in [1.54, 1.807) is 24.3 Å². The van der Waals surface area contributed by atoms with E-state index in [4.69, 9.17) is 9.47 Å². The summed E-state index contributed by atoms with van der Waals surface area (Å²) in [6.45, 7) is -0.0519. The van der Waals surface area contributed by atoms with Crippen LogP contribution in [-0.2, 0) is 11.4 Å². The predicted octanol–water partition coefficient (Wildman–Crippen LogP) is 9.33. The minimum Gasteiger partial charge on any atom is -0.488 e. The van der Waals surface area contributed by atoms with Crippen molar-refractivity contribution in [2.24, 2.45) is 0 Å². The molecule has 0 aliphatic carbocycles. The summed E-state index contributed by atoms with van der Waals surface area (Å²) >= 11 is 3.35. The molecule has 0 bridgehead atoms. The molecule has 0 spiro atoms. The summed E-state index contributed by atoms with van der Waals surface area (Å²) in [6, 6.07) is 33.2. The van der Waals surface area contributed by atoms with Gasteiger partial charge in [-0.15, -0.1) is 13.2 Å². The molecule has 2 N–H and O–H groups in total. The van der Waals surface area contributed by atoms with Crippen LogP contribution in [-0.4, -0.2) is 23.3 Å². The van der Waals surface area contributed by atoms with Crippen molar-refractivity contribution in [1.29, 1.82) is 0 Å². The Bertz CT molecular complexity index is 1830. The second-order valence-corrected chi connectivity index (χ2v) is 11.2. The zero-order chi connectivity index (χ0) is 33.4. The molecule has 5 rings (SSSR count). The average Bonchev–Trinajstić information content (AvgIpc) is 3.04. The number of hydrogen-bond donors (Lipinski definition) is 2. The lowest BCUT2D eigenvalue weighted by atomic mass is 9.98. The van der Waals surface area contributed by atoms with Crippen LogP contribution in [0, 0.1) is 0 Å². The van der Waals surface area contributed by atoms with Gasteiger partial charge in [0.25, 0.3) is 5.91 Å². The number of halogens is 4. The van der Waals surface area contributed by atoms with Gasteiger partial charge in [0.1, 0.15) is 29.6 Å². The molecule has 1 atom stereocenters. The van der Waals surface area contributed by atoms with Crippen LogP contribution in [0.15, 0.2) is 126 Å². The standard InChI is InChI=1S/C36H27BrF3NO6/c37-26-16-19-32(45-22-23-10-17-28(18-11-23)47-36(38,39)40)30(20-26)35(44)41-31(21-34(42)43)25-14-12-24(13-15-25)29-8-4-5-9-33(29)46-27-6-2-1-3-7-27/h1-20,31H,21-22H2,(H,41,44)(H,42,43). The Labute approximate surface area is 276 Å². The predicted molar refractivity (Wildman–Crippen MR) is 172 cm³/mol. The third kappa shape index (κ3) is 9.36. The summed E-state index contributed by atoms with van der Waals surface area (Å²) in [4.78, 5) is 25.4. The molecule has 0 saturated carbocycles. The van der Waals surface area contributed by atoms with Gasteiger partial charge in [-0.05, 0) is 65.2 Å². The van der Waals surface area contributed by atoms with Gasteiger partial charge < -0.3 is 24.6 Å². The van der Waals surface area contributed by atoms with Gasteiger partial charge in [0.2, 0.25) is 0 Å². The topological polar surface area (TPSA) is 94.1 Å². The van der Waals surface area contributed by atoms with Crippen LogP contribution < -0.4 is 19.5 Å². The molecule has 47 heavy (non-hydrogen) atoms. The van der Waals surface area contributed by atoms with E-state index in [0.717, 1.165) is 23.3 Å². The first-order valence-corrected chi connectivity index (χ1v) is 15.1. The minimum atomic E-state index is -4.80. The smallest absolute Gasteiger partial charge is 0.488 e. The molecule has 240 valence electrons. The lowest BCUT2D eigenvalue weighted by Crippen LogP contribution is -2.30. The lowest BCUT2D eigenvalue weighted by molar-refractivity contribution is -0.274. The van der Waals surface area contributed by atoms with Crippen LogP contribution in [0.5, 0.6) is 23.0 Å². The molecule has 0 aromatic heterocycles. The second-order valence-electron chi connectivity index (χ2n) is 10.3. The van der Waals surface area contributed by atoms with Crippen LogP contribution in [0.3, 0.4) is 0 Å². The van der Waals surface area contributed by atoms with Gasteiger partial charge in [0.15, 0.2) is 0 Å². The molecule has 1 unspecified atom stereocenters. The highest BCUT2D eigenvalue weighted by Crippen LogP contribution is 2.34. The molecule has 0 saturated heterocycles. The van der Waals surface area contributed by atoms with E-state index >= 15 is 0 Å². The highest BCUT2D eigenvalue weighted by molar-refractivity contribution is 9.10. The number of aliphatic carboxylic acids is 1. The van der Waals surface area contributed by atoms with Crippen LogP contribution in [0.4, 0.5) is 13.2 Å². The second kappa shape index (κ2) is 14.9. The maximum atomic E-state index is 13.5. The number of nitrogens with one attached hydrogen (secondary N) is 1. The van der Waals surface area contributed by atoms with Gasteiger partial charge in [-0.2, -0.15) is 0 Å². The number of ether oxygens (including phenoxy) is 3. The van der Waals surface area contributed by atoms with Gasteiger partial charge in [-0.25, -0.2) is 0 Å². The summed E-state index contributed by atoms with van der Waals surface area (Å²) in [7, 11) is 0. The Hall–Kier alpha value is -5.29. The van der Waals surface area contributed by atoms with E-state index < -0.39 is 24.3 Å². The molecule has 5 aromatic carbocycles. The van der Waals surface area contributed by atoms with E-state index in [0.29, 0.717) is 27.1 Å². The van der Waals surface area contributed by atoms with Gasteiger partial charge in [0.05, 0.1) is 18.0 Å². The lowest BCUT2D eigenvalue weighted by Gasteiger charge is -2.20. The molecule has 7 nitrogen and oxygen atoms in total. The Morgan fingerprint density at radius 2 is 1.47 bits per heavy atom. The summed E-state index contributed by atoms with van der Waals surface area (Å²) in [5.41, 5.74) is 2.91. The third-order valence-electron chi connectivity index (χ3n) is 6.90. The van der Waals surface area contributed by atoms with E-state index in [1.807, 2.05) is 66.7 Å². The first-order chi connectivity index (χ1) is 22.5. The number of amides is 1. The molecule has 0 heterocycles. The molecular formula is C36H27BrF3NO6. The van der Waals surface area contributed by atoms with E-state index in [1.165, 1.54) is 18.2 Å². The Kier molecular flexibility index (Phi) is 10.5. The van der Waals surface area contributed by atoms with Crippen molar-refractivity contribution in [2.45, 2.75) is 25.4 Å². The fraction of sp³-hybridized carbons (Fsp3) is 0.111. The number of benzene rings is 5. The molecule has 1 amide bonds. The number of carboxylic acid groups (broad SMARTS) is 1. The highest BCUT2D eigenvalue weighted by atomic mass is 79.9. The highest BCUT2D eigenvalue weighted by Gasteiger charge is 2.31. The quantitative estimate of drug-likeness (QED) is 0.134. The normalized spacial score (nSPS) is 11.7. The van der Waals surface area contributed by atoms with Crippen LogP contribution in [0.2, 0.25) is 0 Å². The van der Waals surface area contributed by atoms with Gasteiger partial charge >= 0.3 is 12.3 Å². The molecular weight excluding hydrogens is 679 g/mol. The average molecular weight is 707 g/mol. The van der Waals surface area contributed by atoms with Gasteiger partial charge in [-0.3, -0.25) is 9.59 Å². The minimum absolute atomic E-state index is 0.0519. The zero-order valence-electron chi connectivity index (χ0n) is 24.5. The summed E-state index contributed by atoms with van der Waals surface area (Å²) in [5.74, 6) is -0.524. The van der Waals surface area contributed by atoms with Gasteiger partial charge in [0, 0.05) is 10.0 Å². The fourth-order valence-electron chi connectivity index (χ4n) is 4.72. The van der Waals surface area contributed by atoms with Crippen LogP contribution >= 0.6 is 15.9 Å². The van der Waals surface area contributed by atoms with Crippen molar-refractivity contribution >= 4 is 27.8 Å². The molecule has 11 heteroatoms. The Balaban J connectivity index is 1.32. The van der Waals surface area contributed by atoms with E-state index in [2.05, 4.69) is 26.0 Å². The fourth-order valence-corrected chi connectivity index (χ4v) is 5.08.